The Labute approximate surface area is 63.3 Å². The van der Waals surface area contributed by atoms with E-state index in [9.17, 15) is 0 Å². The summed E-state index contributed by atoms with van der Waals surface area (Å²) in [6.45, 7) is 0. The van der Waals surface area contributed by atoms with Gasteiger partial charge in [0, 0.05) is 0 Å². The Balaban J connectivity index is 2.87. The summed E-state index contributed by atoms with van der Waals surface area (Å²) in [6, 6.07) is 3.54. The Kier molecular flexibility index (Phi) is 2.19. The number of nitrogens with zero attached hydrogens (tertiary/aromatic N) is 3. The summed E-state index contributed by atoms with van der Waals surface area (Å²) < 4.78 is 0. The molecule has 0 aliphatic carbocycles. The van der Waals surface area contributed by atoms with Crippen LogP contribution in [0.5, 0.6) is 0 Å². The van der Waals surface area contributed by atoms with Gasteiger partial charge in [0.1, 0.15) is 11.5 Å². The summed E-state index contributed by atoms with van der Waals surface area (Å²) in [5.41, 5.74) is 0.655. The second-order valence-electron chi connectivity index (χ2n) is 1.67. The first-order chi connectivity index (χ1) is 4.83. The van der Waals surface area contributed by atoms with Gasteiger partial charge in [0.05, 0.1) is 18.2 Å². The average molecular weight is 154 g/mol. The Bertz CT molecular complexity index is 266. The van der Waals surface area contributed by atoms with Crippen LogP contribution in [0.4, 0.5) is 0 Å². The molecule has 10 heavy (non-hydrogen) atoms. The molecule has 0 fully saturated rings. The van der Waals surface area contributed by atoms with E-state index in [0.29, 0.717) is 10.8 Å². The van der Waals surface area contributed by atoms with Crippen LogP contribution in [-0.2, 0) is 6.42 Å². The third-order valence-electron chi connectivity index (χ3n) is 0.951. The highest BCUT2D eigenvalue weighted by Crippen LogP contribution is 2.03. The minimum atomic E-state index is 0.280. The van der Waals surface area contributed by atoms with E-state index >= 15 is 0 Å². The Morgan fingerprint density at radius 1 is 1.60 bits per heavy atom. The first-order valence-electron chi connectivity index (χ1n) is 2.66. The quantitative estimate of drug-likeness (QED) is 0.570. The predicted octanol–water partition coefficient (Wildman–Crippen LogP) is 1.20. The Morgan fingerprint density at radius 2 is 2.40 bits per heavy atom. The van der Waals surface area contributed by atoms with Gasteiger partial charge in [0.2, 0.25) is 0 Å². The lowest BCUT2D eigenvalue weighted by Crippen LogP contribution is -1.87. The van der Waals surface area contributed by atoms with Gasteiger partial charge in [-0.3, -0.25) is 0 Å². The molecule has 0 saturated carbocycles. The van der Waals surface area contributed by atoms with Crippen molar-refractivity contribution in [3.63, 3.8) is 0 Å². The molecule has 0 radical (unpaired) electrons. The number of aromatic nitrogens is 2. The third-order valence-corrected chi connectivity index (χ3v) is 1.16. The maximum Gasteiger partial charge on any atom is 0.132 e. The zero-order chi connectivity index (χ0) is 7.40. The van der Waals surface area contributed by atoms with Gasteiger partial charge in [-0.25, -0.2) is 9.97 Å². The number of rotatable bonds is 1. The predicted molar refractivity (Wildman–Crippen MR) is 36.4 cm³/mol. The number of hydrogen-bond acceptors (Lipinski definition) is 3. The first kappa shape index (κ1) is 6.97. The van der Waals surface area contributed by atoms with Crippen molar-refractivity contribution in [3.05, 3.63) is 23.2 Å². The first-order valence-corrected chi connectivity index (χ1v) is 3.04. The van der Waals surface area contributed by atoms with E-state index in [1.165, 1.54) is 6.33 Å². The van der Waals surface area contributed by atoms with E-state index in [1.54, 1.807) is 6.07 Å². The largest absolute Gasteiger partial charge is 0.240 e. The molecule has 0 spiro atoms. The molecule has 0 aliphatic rings. The van der Waals surface area contributed by atoms with Crippen molar-refractivity contribution < 1.29 is 0 Å². The maximum absolute atomic E-state index is 8.26. The van der Waals surface area contributed by atoms with Gasteiger partial charge in [-0.1, -0.05) is 11.6 Å². The van der Waals surface area contributed by atoms with Gasteiger partial charge in [-0.2, -0.15) is 5.26 Å². The molecule has 0 saturated heterocycles. The van der Waals surface area contributed by atoms with Crippen LogP contribution in [0.3, 0.4) is 0 Å². The highest BCUT2D eigenvalue weighted by molar-refractivity contribution is 6.29. The van der Waals surface area contributed by atoms with Gasteiger partial charge in [0.15, 0.2) is 0 Å². The number of halogens is 1. The normalized spacial score (nSPS) is 8.80. The van der Waals surface area contributed by atoms with Crippen LogP contribution in [0.25, 0.3) is 0 Å². The minimum absolute atomic E-state index is 0.280. The molecule has 0 atom stereocenters. The molecule has 0 N–H and O–H groups in total. The van der Waals surface area contributed by atoms with Gasteiger partial charge in [-0.15, -0.1) is 0 Å². The molecule has 3 nitrogen and oxygen atoms in total. The van der Waals surface area contributed by atoms with E-state index in [0.717, 1.165) is 0 Å². The lowest BCUT2D eigenvalue weighted by molar-refractivity contribution is 1.05. The fourth-order valence-corrected chi connectivity index (χ4v) is 0.717. The van der Waals surface area contributed by atoms with Gasteiger partial charge < -0.3 is 0 Å². The SMILES string of the molecule is N#CCc1cc(Cl)ncn1. The molecule has 0 unspecified atom stereocenters. The minimum Gasteiger partial charge on any atom is -0.240 e. The van der Waals surface area contributed by atoms with E-state index in [-0.39, 0.29) is 6.42 Å². The van der Waals surface area contributed by atoms with Crippen molar-refractivity contribution in [2.45, 2.75) is 6.42 Å². The fourth-order valence-electron chi connectivity index (χ4n) is 0.548. The maximum atomic E-state index is 8.26. The lowest BCUT2D eigenvalue weighted by atomic mass is 10.3. The van der Waals surface area contributed by atoms with Crippen molar-refractivity contribution in [2.24, 2.45) is 0 Å². The second-order valence-corrected chi connectivity index (χ2v) is 2.05. The topological polar surface area (TPSA) is 49.6 Å². The molecule has 0 aromatic carbocycles. The summed E-state index contributed by atoms with van der Waals surface area (Å²) in [4.78, 5) is 7.48. The molecule has 1 rings (SSSR count). The van der Waals surface area contributed by atoms with E-state index in [1.807, 2.05) is 6.07 Å². The second kappa shape index (κ2) is 3.14. The van der Waals surface area contributed by atoms with E-state index in [4.69, 9.17) is 16.9 Å². The van der Waals surface area contributed by atoms with Crippen molar-refractivity contribution >= 4 is 11.6 Å². The van der Waals surface area contributed by atoms with E-state index < -0.39 is 0 Å². The van der Waals surface area contributed by atoms with Crippen molar-refractivity contribution in [1.29, 1.82) is 5.26 Å². The van der Waals surface area contributed by atoms with Crippen LogP contribution in [0, 0.1) is 11.3 Å². The number of nitriles is 1. The molecular weight excluding hydrogens is 150 g/mol. The van der Waals surface area contributed by atoms with Crippen LogP contribution in [0.1, 0.15) is 5.69 Å². The Hall–Kier alpha value is -1.14. The smallest absolute Gasteiger partial charge is 0.132 e. The summed E-state index contributed by atoms with van der Waals surface area (Å²) in [5, 5.41) is 8.63. The zero-order valence-corrected chi connectivity index (χ0v) is 5.84. The van der Waals surface area contributed by atoms with Crippen molar-refractivity contribution in [3.8, 4) is 6.07 Å². The van der Waals surface area contributed by atoms with Crippen LogP contribution < -0.4 is 0 Å². The average Bonchev–Trinajstić information content (AvgIpc) is 1.88. The monoisotopic (exact) mass is 153 g/mol. The summed E-state index contributed by atoms with van der Waals surface area (Å²) in [6.07, 6.45) is 1.62. The molecule has 1 aromatic heterocycles. The summed E-state index contributed by atoms with van der Waals surface area (Å²) in [7, 11) is 0. The van der Waals surface area contributed by atoms with Crippen LogP contribution in [0.15, 0.2) is 12.4 Å². The zero-order valence-electron chi connectivity index (χ0n) is 5.08. The van der Waals surface area contributed by atoms with Gasteiger partial charge in [0.25, 0.3) is 0 Å². The molecule has 4 heteroatoms. The van der Waals surface area contributed by atoms with Crippen LogP contribution in [0.2, 0.25) is 5.15 Å². The summed E-state index contributed by atoms with van der Waals surface area (Å²) in [5.74, 6) is 0. The highest BCUT2D eigenvalue weighted by Gasteiger charge is 1.93. The highest BCUT2D eigenvalue weighted by atomic mass is 35.5. The van der Waals surface area contributed by atoms with Gasteiger partial charge >= 0.3 is 0 Å². The molecule has 0 aliphatic heterocycles. The molecular formula is C6H4ClN3. The van der Waals surface area contributed by atoms with Crippen LogP contribution >= 0.6 is 11.6 Å². The summed E-state index contributed by atoms with van der Waals surface area (Å²) >= 11 is 5.52. The lowest BCUT2D eigenvalue weighted by Gasteiger charge is -1.90. The molecule has 50 valence electrons. The van der Waals surface area contributed by atoms with E-state index in [2.05, 4.69) is 9.97 Å². The van der Waals surface area contributed by atoms with Gasteiger partial charge in [-0.05, 0) is 6.07 Å². The molecule has 1 aromatic rings. The molecule has 0 bridgehead atoms. The molecule has 1 heterocycles. The third kappa shape index (κ3) is 1.67. The number of hydrogen-bond donors (Lipinski definition) is 0. The van der Waals surface area contributed by atoms with Crippen LogP contribution in [-0.4, -0.2) is 9.97 Å². The molecule has 0 amide bonds. The van der Waals surface area contributed by atoms with Crippen molar-refractivity contribution in [2.75, 3.05) is 0 Å². The fraction of sp³-hybridized carbons (Fsp3) is 0.167. The Morgan fingerprint density at radius 3 is 3.00 bits per heavy atom. The van der Waals surface area contributed by atoms with Crippen molar-refractivity contribution in [1.82, 2.24) is 9.97 Å². The standard InChI is InChI=1S/C6H4ClN3/c7-6-3-5(1-2-8)9-4-10-6/h3-4H,1H2.